The first-order chi connectivity index (χ1) is 15.8. The number of halogens is 1. The number of thiophene rings is 1. The number of carbonyl (C=O) groups is 1. The summed E-state index contributed by atoms with van der Waals surface area (Å²) >= 11 is 7.69. The fourth-order valence-corrected chi connectivity index (χ4v) is 5.56. The minimum atomic E-state index is -0.688. The lowest BCUT2D eigenvalue weighted by Crippen LogP contribution is -2.66. The third kappa shape index (κ3) is 4.97. The lowest BCUT2D eigenvalue weighted by molar-refractivity contribution is -0.168. The van der Waals surface area contributed by atoms with Crippen LogP contribution in [0, 0.1) is 11.3 Å². The second-order valence-corrected chi connectivity index (χ2v) is 10.5. The van der Waals surface area contributed by atoms with Gasteiger partial charge in [0.05, 0.1) is 35.8 Å². The highest BCUT2D eigenvalue weighted by atomic mass is 35.5. The van der Waals surface area contributed by atoms with Crippen molar-refractivity contribution in [2.24, 2.45) is 0 Å². The Bertz CT molecular complexity index is 1040. The molecular formula is C24H28ClN3O4S. The summed E-state index contributed by atoms with van der Waals surface area (Å²) in [6, 6.07) is 10.7. The molecule has 9 heteroatoms. The second kappa shape index (κ2) is 9.90. The van der Waals surface area contributed by atoms with Gasteiger partial charge in [-0.1, -0.05) is 11.6 Å². The standard InChI is InChI=1S/C24H28ClN3O4S/c1-4-31-18-13-16(14-26)5-6-17(18)32-22-21(19-7-8-20(25)33-19)28(23(22)29)15-24(2,3)27-9-11-30-12-10-27/h5-8,13,21-22H,4,9-12,15H2,1-3H3. The van der Waals surface area contributed by atoms with Gasteiger partial charge in [0, 0.05) is 36.1 Å². The summed E-state index contributed by atoms with van der Waals surface area (Å²) in [4.78, 5) is 18.6. The number of morpholine rings is 1. The van der Waals surface area contributed by atoms with Crippen LogP contribution >= 0.6 is 22.9 Å². The van der Waals surface area contributed by atoms with Gasteiger partial charge in [-0.2, -0.15) is 5.26 Å². The normalized spacial score (nSPS) is 21.4. The molecule has 2 saturated heterocycles. The van der Waals surface area contributed by atoms with E-state index in [9.17, 15) is 10.1 Å². The number of amides is 1. The maximum atomic E-state index is 13.3. The van der Waals surface area contributed by atoms with Gasteiger partial charge >= 0.3 is 0 Å². The number of benzene rings is 1. The van der Waals surface area contributed by atoms with Crippen molar-refractivity contribution in [1.29, 1.82) is 5.26 Å². The first-order valence-corrected chi connectivity index (χ1v) is 12.3. The smallest absolute Gasteiger partial charge is 0.266 e. The fourth-order valence-electron chi connectivity index (χ4n) is 4.36. The van der Waals surface area contributed by atoms with E-state index in [1.54, 1.807) is 18.2 Å². The van der Waals surface area contributed by atoms with Crippen LogP contribution in [0.2, 0.25) is 4.34 Å². The van der Waals surface area contributed by atoms with Gasteiger partial charge in [-0.25, -0.2) is 0 Å². The Kier molecular flexibility index (Phi) is 7.15. The van der Waals surface area contributed by atoms with E-state index in [4.69, 9.17) is 25.8 Å². The summed E-state index contributed by atoms with van der Waals surface area (Å²) in [5.41, 5.74) is 0.260. The van der Waals surface area contributed by atoms with Crippen molar-refractivity contribution in [3.8, 4) is 17.6 Å². The van der Waals surface area contributed by atoms with Gasteiger partial charge in [0.1, 0.15) is 6.04 Å². The maximum absolute atomic E-state index is 13.3. The summed E-state index contributed by atoms with van der Waals surface area (Å²) in [6.45, 7) is 10.3. The molecule has 1 aromatic heterocycles. The molecule has 2 unspecified atom stereocenters. The Balaban J connectivity index is 1.59. The Labute approximate surface area is 203 Å². The lowest BCUT2D eigenvalue weighted by atomic mass is 9.91. The van der Waals surface area contributed by atoms with Gasteiger partial charge in [0.15, 0.2) is 11.5 Å². The molecule has 0 radical (unpaired) electrons. The van der Waals surface area contributed by atoms with Crippen molar-refractivity contribution in [2.45, 2.75) is 38.5 Å². The summed E-state index contributed by atoms with van der Waals surface area (Å²) in [7, 11) is 0. The van der Waals surface area contributed by atoms with Gasteiger partial charge in [0.2, 0.25) is 6.10 Å². The van der Waals surface area contributed by atoms with Crippen LogP contribution in [0.4, 0.5) is 0 Å². The van der Waals surface area contributed by atoms with Gasteiger partial charge in [-0.05, 0) is 45.0 Å². The van der Waals surface area contributed by atoms with Crippen molar-refractivity contribution in [3.05, 3.63) is 45.1 Å². The highest BCUT2D eigenvalue weighted by molar-refractivity contribution is 7.16. The zero-order chi connectivity index (χ0) is 23.6. The van der Waals surface area contributed by atoms with E-state index < -0.39 is 6.10 Å². The largest absolute Gasteiger partial charge is 0.490 e. The van der Waals surface area contributed by atoms with E-state index in [0.29, 0.717) is 47.8 Å². The second-order valence-electron chi connectivity index (χ2n) is 8.71. The van der Waals surface area contributed by atoms with E-state index >= 15 is 0 Å². The van der Waals surface area contributed by atoms with Crippen molar-refractivity contribution in [1.82, 2.24) is 9.80 Å². The number of carbonyl (C=O) groups excluding carboxylic acids is 1. The van der Waals surface area contributed by atoms with E-state index in [-0.39, 0.29) is 17.5 Å². The minimum Gasteiger partial charge on any atom is -0.490 e. The predicted molar refractivity (Wildman–Crippen MR) is 127 cm³/mol. The van der Waals surface area contributed by atoms with Crippen LogP contribution < -0.4 is 9.47 Å². The highest BCUT2D eigenvalue weighted by Gasteiger charge is 2.53. The predicted octanol–water partition coefficient (Wildman–Crippen LogP) is 4.11. The first kappa shape index (κ1) is 23.8. The lowest BCUT2D eigenvalue weighted by Gasteiger charge is -2.51. The Hall–Kier alpha value is -2.31. The van der Waals surface area contributed by atoms with Crippen molar-refractivity contribution in [3.63, 3.8) is 0 Å². The number of β-lactam (4-membered cyclic amide) rings is 1. The molecule has 2 aliphatic heterocycles. The Morgan fingerprint density at radius 2 is 2.00 bits per heavy atom. The van der Waals surface area contributed by atoms with Crippen molar-refractivity contribution in [2.75, 3.05) is 39.5 Å². The molecule has 0 spiro atoms. The Morgan fingerprint density at radius 3 is 2.64 bits per heavy atom. The van der Waals surface area contributed by atoms with Gasteiger partial charge in [0.25, 0.3) is 5.91 Å². The maximum Gasteiger partial charge on any atom is 0.266 e. The van der Waals surface area contributed by atoms with Crippen LogP contribution in [-0.4, -0.2) is 66.8 Å². The average Bonchev–Trinajstić information content (AvgIpc) is 3.24. The van der Waals surface area contributed by atoms with Crippen molar-refractivity contribution >= 4 is 28.8 Å². The third-order valence-corrected chi connectivity index (χ3v) is 7.39. The first-order valence-electron chi connectivity index (χ1n) is 11.1. The van der Waals surface area contributed by atoms with E-state index in [0.717, 1.165) is 18.0 Å². The summed E-state index contributed by atoms with van der Waals surface area (Å²) in [6.07, 6.45) is -0.688. The molecule has 1 amide bonds. The number of ether oxygens (including phenoxy) is 3. The molecule has 2 aromatic rings. The third-order valence-electron chi connectivity index (χ3n) is 6.09. The number of hydrogen-bond acceptors (Lipinski definition) is 7. The highest BCUT2D eigenvalue weighted by Crippen LogP contribution is 2.44. The van der Waals surface area contributed by atoms with Crippen LogP contribution in [0.25, 0.3) is 0 Å². The molecule has 2 atom stereocenters. The molecule has 0 aliphatic carbocycles. The van der Waals surface area contributed by atoms with Crippen LogP contribution in [0.15, 0.2) is 30.3 Å². The monoisotopic (exact) mass is 489 g/mol. The van der Waals surface area contributed by atoms with Gasteiger partial charge in [-0.15, -0.1) is 11.3 Å². The van der Waals surface area contributed by atoms with Crippen LogP contribution in [-0.2, 0) is 9.53 Å². The van der Waals surface area contributed by atoms with E-state index in [1.807, 2.05) is 24.0 Å². The van der Waals surface area contributed by atoms with Crippen LogP contribution in [0.1, 0.15) is 37.3 Å². The molecular weight excluding hydrogens is 462 g/mol. The number of hydrogen-bond donors (Lipinski definition) is 0. The Morgan fingerprint density at radius 1 is 1.24 bits per heavy atom. The molecule has 4 rings (SSSR count). The quantitative estimate of drug-likeness (QED) is 0.519. The number of rotatable bonds is 8. The molecule has 176 valence electrons. The van der Waals surface area contributed by atoms with Gasteiger partial charge in [-0.3, -0.25) is 9.69 Å². The number of nitrogens with zero attached hydrogens (tertiary/aromatic N) is 3. The van der Waals surface area contributed by atoms with Crippen LogP contribution in [0.3, 0.4) is 0 Å². The van der Waals surface area contributed by atoms with Crippen LogP contribution in [0.5, 0.6) is 11.5 Å². The molecule has 33 heavy (non-hydrogen) atoms. The molecule has 0 saturated carbocycles. The molecule has 0 N–H and O–H groups in total. The minimum absolute atomic E-state index is 0.0716. The van der Waals surface area contributed by atoms with Crippen molar-refractivity contribution < 1.29 is 19.0 Å². The fraction of sp³-hybridized carbons (Fsp3) is 0.500. The average molecular weight is 490 g/mol. The molecule has 7 nitrogen and oxygen atoms in total. The number of nitriles is 1. The number of likely N-dealkylation sites (tertiary alicyclic amines) is 1. The molecule has 3 heterocycles. The summed E-state index contributed by atoms with van der Waals surface area (Å²) < 4.78 is 18.1. The van der Waals surface area contributed by atoms with Gasteiger partial charge < -0.3 is 19.1 Å². The topological polar surface area (TPSA) is 75.0 Å². The van der Waals surface area contributed by atoms with E-state index in [1.165, 1.54) is 11.3 Å². The van der Waals surface area contributed by atoms with E-state index in [2.05, 4.69) is 24.8 Å². The molecule has 2 fully saturated rings. The summed E-state index contributed by atoms with van der Waals surface area (Å²) in [5, 5.41) is 9.22. The zero-order valence-electron chi connectivity index (χ0n) is 19.0. The molecule has 0 bridgehead atoms. The SMILES string of the molecule is CCOc1cc(C#N)ccc1OC1C(=O)N(CC(C)(C)N2CCOCC2)C1c1ccc(Cl)s1. The zero-order valence-corrected chi connectivity index (χ0v) is 20.6. The molecule has 2 aliphatic rings. The molecule has 1 aromatic carbocycles. The summed E-state index contributed by atoms with van der Waals surface area (Å²) in [5.74, 6) is 0.839.